The van der Waals surface area contributed by atoms with Gasteiger partial charge in [0.25, 0.3) is 11.5 Å². The number of amides is 1. The molecule has 0 aliphatic rings. The van der Waals surface area contributed by atoms with Crippen LogP contribution in [-0.2, 0) is 9.53 Å². The van der Waals surface area contributed by atoms with Crippen molar-refractivity contribution in [1.82, 2.24) is 9.66 Å². The number of carbonyl (C=O) groups is 2. The molecule has 8 nitrogen and oxygen atoms in total. The first-order chi connectivity index (χ1) is 10.5. The van der Waals surface area contributed by atoms with Gasteiger partial charge in [0.05, 0.1) is 29.6 Å². The Morgan fingerprint density at radius 3 is 2.86 bits per heavy atom. The Morgan fingerprint density at radius 2 is 2.23 bits per heavy atom. The van der Waals surface area contributed by atoms with Crippen LogP contribution in [0.1, 0.15) is 16.8 Å². The summed E-state index contributed by atoms with van der Waals surface area (Å²) in [5.41, 5.74) is 2.26. The van der Waals surface area contributed by atoms with Crippen molar-refractivity contribution in [2.75, 3.05) is 12.5 Å². The maximum atomic E-state index is 12.3. The molecule has 0 fully saturated rings. The number of nitriles is 1. The van der Waals surface area contributed by atoms with Gasteiger partial charge in [0.1, 0.15) is 6.42 Å². The van der Waals surface area contributed by atoms with Crippen LogP contribution in [0.2, 0.25) is 0 Å². The molecular weight excluding hydrogens is 308 g/mol. The number of esters is 1. The molecule has 1 amide bonds. The zero-order valence-corrected chi connectivity index (χ0v) is 12.2. The molecule has 0 saturated heterocycles. The van der Waals surface area contributed by atoms with Crippen molar-refractivity contribution < 1.29 is 14.3 Å². The fourth-order valence-electron chi connectivity index (χ4n) is 1.80. The summed E-state index contributed by atoms with van der Waals surface area (Å²) in [4.78, 5) is 37.9. The van der Waals surface area contributed by atoms with E-state index in [4.69, 9.17) is 17.5 Å². The van der Waals surface area contributed by atoms with E-state index in [0.717, 1.165) is 4.68 Å². The van der Waals surface area contributed by atoms with Gasteiger partial charge in [0, 0.05) is 0 Å². The van der Waals surface area contributed by atoms with Gasteiger partial charge < -0.3 is 9.72 Å². The molecule has 0 radical (unpaired) electrons. The summed E-state index contributed by atoms with van der Waals surface area (Å²) in [6, 6.07) is 5.94. The Bertz CT molecular complexity index is 922. The zero-order chi connectivity index (χ0) is 16.3. The summed E-state index contributed by atoms with van der Waals surface area (Å²) >= 11 is 5.00. The maximum absolute atomic E-state index is 12.3. The SMILES string of the molecule is COC(=O)c1ccc2c(=O)n(NC(=O)CC#N)c(=S)[nH]c2c1. The van der Waals surface area contributed by atoms with Gasteiger partial charge in [-0.1, -0.05) is 0 Å². The van der Waals surface area contributed by atoms with Crippen LogP contribution in [0, 0.1) is 16.1 Å². The third kappa shape index (κ3) is 2.87. The topological polar surface area (TPSA) is 117 Å². The van der Waals surface area contributed by atoms with Crippen LogP contribution in [0.4, 0.5) is 0 Å². The Kier molecular flexibility index (Phi) is 4.33. The number of hydrogen-bond acceptors (Lipinski definition) is 6. The number of nitrogens with one attached hydrogen (secondary N) is 2. The predicted octanol–water partition coefficient (Wildman–Crippen LogP) is 0.829. The molecule has 0 aliphatic heterocycles. The number of aromatic nitrogens is 2. The van der Waals surface area contributed by atoms with Crippen LogP contribution in [0.3, 0.4) is 0 Å². The standard InChI is InChI=1S/C13H10N4O4S/c1-21-12(20)7-2-3-8-9(6-7)15-13(22)17(11(8)19)16-10(18)4-5-14/h2-3,6H,4H2,1H3,(H,15,22)(H,16,18). The number of carbonyl (C=O) groups excluding carboxylic acids is 2. The molecule has 0 unspecified atom stereocenters. The van der Waals surface area contributed by atoms with E-state index in [1.54, 1.807) is 6.07 Å². The molecule has 0 saturated carbocycles. The minimum atomic E-state index is -0.658. The number of hydrogen-bond donors (Lipinski definition) is 2. The fourth-order valence-corrected chi connectivity index (χ4v) is 2.04. The lowest BCUT2D eigenvalue weighted by Gasteiger charge is -2.09. The quantitative estimate of drug-likeness (QED) is 0.639. The number of nitrogens with zero attached hydrogens (tertiary/aromatic N) is 2. The van der Waals surface area contributed by atoms with Gasteiger partial charge in [0.15, 0.2) is 4.77 Å². The van der Waals surface area contributed by atoms with E-state index in [1.807, 2.05) is 0 Å². The van der Waals surface area contributed by atoms with Crippen molar-refractivity contribution in [1.29, 1.82) is 5.26 Å². The Hall–Kier alpha value is -2.99. The zero-order valence-electron chi connectivity index (χ0n) is 11.4. The van der Waals surface area contributed by atoms with Crippen molar-refractivity contribution in [3.05, 3.63) is 38.9 Å². The summed E-state index contributed by atoms with van der Waals surface area (Å²) in [6.07, 6.45) is -0.402. The Balaban J connectivity index is 2.58. The summed E-state index contributed by atoms with van der Waals surface area (Å²) in [7, 11) is 1.25. The number of H-pyrrole nitrogens is 1. The molecule has 22 heavy (non-hydrogen) atoms. The van der Waals surface area contributed by atoms with Crippen LogP contribution < -0.4 is 11.0 Å². The highest BCUT2D eigenvalue weighted by Gasteiger charge is 2.11. The minimum absolute atomic E-state index is 0.0641. The molecule has 9 heteroatoms. The average Bonchev–Trinajstić information content (AvgIpc) is 2.50. The fraction of sp³-hybridized carbons (Fsp3) is 0.154. The molecule has 0 aliphatic carbocycles. The second-order valence-corrected chi connectivity index (χ2v) is 4.58. The number of benzene rings is 1. The van der Waals surface area contributed by atoms with E-state index < -0.39 is 23.9 Å². The Morgan fingerprint density at radius 1 is 1.50 bits per heavy atom. The van der Waals surface area contributed by atoms with E-state index in [9.17, 15) is 14.4 Å². The van der Waals surface area contributed by atoms with Crippen molar-refractivity contribution in [3.8, 4) is 6.07 Å². The second kappa shape index (κ2) is 6.19. The van der Waals surface area contributed by atoms with Gasteiger partial charge in [-0.25, -0.2) is 4.79 Å². The normalized spacial score (nSPS) is 10.0. The largest absolute Gasteiger partial charge is 0.465 e. The monoisotopic (exact) mass is 318 g/mol. The minimum Gasteiger partial charge on any atom is -0.465 e. The molecule has 1 aromatic heterocycles. The number of aromatic amines is 1. The van der Waals surface area contributed by atoms with Gasteiger partial charge in [-0.05, 0) is 30.4 Å². The van der Waals surface area contributed by atoms with Gasteiger partial charge >= 0.3 is 5.97 Å². The highest BCUT2D eigenvalue weighted by Crippen LogP contribution is 2.11. The van der Waals surface area contributed by atoms with Gasteiger partial charge in [-0.15, -0.1) is 0 Å². The molecular formula is C13H10N4O4S. The first-order valence-corrected chi connectivity index (χ1v) is 6.43. The van der Waals surface area contributed by atoms with E-state index in [0.29, 0.717) is 5.52 Å². The lowest BCUT2D eigenvalue weighted by atomic mass is 10.1. The van der Waals surface area contributed by atoms with Crippen LogP contribution in [0.5, 0.6) is 0 Å². The van der Waals surface area contributed by atoms with E-state index >= 15 is 0 Å². The van der Waals surface area contributed by atoms with E-state index in [2.05, 4.69) is 15.1 Å². The third-order valence-electron chi connectivity index (χ3n) is 2.79. The average molecular weight is 318 g/mol. The smallest absolute Gasteiger partial charge is 0.337 e. The van der Waals surface area contributed by atoms with Crippen LogP contribution in [0.25, 0.3) is 10.9 Å². The van der Waals surface area contributed by atoms with Crippen molar-refractivity contribution in [2.24, 2.45) is 0 Å². The number of methoxy groups -OCH3 is 1. The van der Waals surface area contributed by atoms with Crippen LogP contribution in [0.15, 0.2) is 23.0 Å². The van der Waals surface area contributed by atoms with Gasteiger partial charge in [0.2, 0.25) is 0 Å². The van der Waals surface area contributed by atoms with Crippen molar-refractivity contribution in [2.45, 2.75) is 6.42 Å². The summed E-state index contributed by atoms with van der Waals surface area (Å²) in [5, 5.41) is 8.68. The molecule has 2 N–H and O–H groups in total. The lowest BCUT2D eigenvalue weighted by Crippen LogP contribution is -2.34. The molecule has 0 spiro atoms. The molecule has 2 aromatic rings. The summed E-state index contributed by atoms with van der Waals surface area (Å²) < 4.78 is 5.38. The van der Waals surface area contributed by atoms with Crippen LogP contribution in [-0.4, -0.2) is 28.6 Å². The molecule has 1 aromatic carbocycles. The highest BCUT2D eigenvalue weighted by atomic mass is 32.1. The number of ether oxygens (including phenoxy) is 1. The highest BCUT2D eigenvalue weighted by molar-refractivity contribution is 7.71. The number of fused-ring (bicyclic) bond motifs is 1. The van der Waals surface area contributed by atoms with Crippen molar-refractivity contribution in [3.63, 3.8) is 0 Å². The summed E-state index contributed by atoms with van der Waals surface area (Å²) in [5.74, 6) is -1.21. The van der Waals surface area contributed by atoms with Crippen molar-refractivity contribution >= 4 is 35.0 Å². The molecule has 2 rings (SSSR count). The maximum Gasteiger partial charge on any atom is 0.337 e. The molecule has 0 atom stereocenters. The first-order valence-electron chi connectivity index (χ1n) is 6.02. The summed E-state index contributed by atoms with van der Waals surface area (Å²) in [6.45, 7) is 0. The third-order valence-corrected chi connectivity index (χ3v) is 3.08. The Labute approximate surface area is 128 Å². The number of rotatable bonds is 3. The van der Waals surface area contributed by atoms with Gasteiger partial charge in [-0.3, -0.25) is 15.0 Å². The second-order valence-electron chi connectivity index (χ2n) is 4.19. The lowest BCUT2D eigenvalue weighted by molar-refractivity contribution is -0.116. The first kappa shape index (κ1) is 15.4. The van der Waals surface area contributed by atoms with Gasteiger partial charge in [-0.2, -0.15) is 9.94 Å². The molecule has 0 bridgehead atoms. The van der Waals surface area contributed by atoms with E-state index in [1.165, 1.54) is 25.3 Å². The predicted molar refractivity (Wildman–Crippen MR) is 79.3 cm³/mol. The van der Waals surface area contributed by atoms with E-state index in [-0.39, 0.29) is 15.7 Å². The molecule has 112 valence electrons. The molecule has 1 heterocycles. The van der Waals surface area contributed by atoms with Crippen LogP contribution >= 0.6 is 12.2 Å².